The summed E-state index contributed by atoms with van der Waals surface area (Å²) in [5, 5.41) is 3.54. The second kappa shape index (κ2) is 3.42. The van der Waals surface area contributed by atoms with Crippen LogP contribution in [0.4, 0.5) is 5.69 Å². The normalized spacial score (nSPS) is 28.5. The predicted octanol–water partition coefficient (Wildman–Crippen LogP) is 1.25. The molecule has 1 aromatic carbocycles. The lowest BCUT2D eigenvalue weighted by Crippen LogP contribution is -2.67. The number of ether oxygens (including phenoxy) is 1. The molecule has 0 amide bonds. The Morgan fingerprint density at radius 2 is 1.80 bits per heavy atom. The van der Waals surface area contributed by atoms with Crippen LogP contribution in [0.25, 0.3) is 0 Å². The van der Waals surface area contributed by atoms with E-state index in [9.17, 15) is 0 Å². The first-order valence-corrected chi connectivity index (χ1v) is 5.50. The summed E-state index contributed by atoms with van der Waals surface area (Å²) in [5.74, 6) is 0.930. The average molecular weight is 204 g/mol. The lowest BCUT2D eigenvalue weighted by molar-refractivity contribution is 0.226. The van der Waals surface area contributed by atoms with Gasteiger partial charge < -0.3 is 15.0 Å². The van der Waals surface area contributed by atoms with Crippen molar-refractivity contribution in [3.63, 3.8) is 0 Å². The number of nitrogens with one attached hydrogen (secondary N) is 1. The predicted molar refractivity (Wildman–Crippen MR) is 60.5 cm³/mol. The lowest BCUT2D eigenvalue weighted by atomic mass is 9.91. The van der Waals surface area contributed by atoms with Crippen LogP contribution in [0.1, 0.15) is 6.42 Å². The van der Waals surface area contributed by atoms with Gasteiger partial charge in [0.1, 0.15) is 5.75 Å². The van der Waals surface area contributed by atoms with Gasteiger partial charge in [0.25, 0.3) is 0 Å². The number of piperidine rings is 1. The third-order valence-electron chi connectivity index (χ3n) is 3.36. The van der Waals surface area contributed by atoms with Gasteiger partial charge in [0, 0.05) is 30.9 Å². The molecule has 80 valence electrons. The maximum Gasteiger partial charge on any atom is 0.119 e. The Labute approximate surface area is 90.0 Å². The first kappa shape index (κ1) is 9.04. The molecule has 4 rings (SSSR count). The Morgan fingerprint density at radius 3 is 2.33 bits per heavy atom. The van der Waals surface area contributed by atoms with Gasteiger partial charge in [-0.1, -0.05) is 0 Å². The first-order chi connectivity index (χ1) is 7.35. The minimum atomic E-state index is 0.714. The molecule has 3 nitrogen and oxygen atoms in total. The second-order valence-electron chi connectivity index (χ2n) is 4.40. The van der Waals surface area contributed by atoms with Crippen molar-refractivity contribution in [1.82, 2.24) is 5.32 Å². The molecule has 1 N–H and O–H groups in total. The number of benzene rings is 1. The number of methoxy groups -OCH3 is 1. The highest BCUT2D eigenvalue weighted by Gasteiger charge is 2.36. The molecule has 2 unspecified atom stereocenters. The zero-order valence-corrected chi connectivity index (χ0v) is 8.94. The summed E-state index contributed by atoms with van der Waals surface area (Å²) in [6.45, 7) is 2.28. The maximum absolute atomic E-state index is 5.16. The zero-order valence-electron chi connectivity index (χ0n) is 8.94. The highest BCUT2D eigenvalue weighted by Crippen LogP contribution is 2.27. The molecule has 1 aromatic rings. The van der Waals surface area contributed by atoms with Crippen LogP contribution in [-0.4, -0.2) is 32.3 Å². The van der Waals surface area contributed by atoms with Gasteiger partial charge in [0.2, 0.25) is 0 Å². The van der Waals surface area contributed by atoms with Gasteiger partial charge in [-0.3, -0.25) is 0 Å². The monoisotopic (exact) mass is 204 g/mol. The number of rotatable bonds is 2. The van der Waals surface area contributed by atoms with E-state index in [1.54, 1.807) is 7.11 Å². The second-order valence-corrected chi connectivity index (χ2v) is 4.40. The number of piperazine rings is 1. The molecular weight excluding hydrogens is 188 g/mol. The number of anilines is 1. The molecule has 2 atom stereocenters. The number of hydrogen-bond acceptors (Lipinski definition) is 3. The molecule has 0 saturated carbocycles. The Bertz CT molecular complexity index is 333. The van der Waals surface area contributed by atoms with Crippen LogP contribution in [0.15, 0.2) is 24.3 Å². The van der Waals surface area contributed by atoms with Crippen LogP contribution in [-0.2, 0) is 0 Å². The van der Waals surface area contributed by atoms with Crippen LogP contribution < -0.4 is 15.0 Å². The van der Waals surface area contributed by atoms with Crippen molar-refractivity contribution >= 4 is 5.69 Å². The van der Waals surface area contributed by atoms with E-state index in [0.29, 0.717) is 12.1 Å². The highest BCUT2D eigenvalue weighted by molar-refractivity contribution is 5.50. The van der Waals surface area contributed by atoms with Gasteiger partial charge in [-0.25, -0.2) is 0 Å². The summed E-state index contributed by atoms with van der Waals surface area (Å²) in [7, 11) is 1.70. The molecule has 3 heteroatoms. The Kier molecular flexibility index (Phi) is 2.06. The van der Waals surface area contributed by atoms with E-state index in [0.717, 1.165) is 18.8 Å². The molecule has 15 heavy (non-hydrogen) atoms. The minimum Gasteiger partial charge on any atom is -0.497 e. The fraction of sp³-hybridized carbons (Fsp3) is 0.500. The van der Waals surface area contributed by atoms with Gasteiger partial charge in [-0.05, 0) is 30.7 Å². The number of hydrogen-bond donors (Lipinski definition) is 1. The van der Waals surface area contributed by atoms with E-state index < -0.39 is 0 Å². The van der Waals surface area contributed by atoms with Crippen molar-refractivity contribution in [2.45, 2.75) is 18.5 Å². The van der Waals surface area contributed by atoms with Crippen molar-refractivity contribution in [1.29, 1.82) is 0 Å². The summed E-state index contributed by atoms with van der Waals surface area (Å²) in [6.07, 6.45) is 1.35. The van der Waals surface area contributed by atoms with Gasteiger partial charge in [-0.2, -0.15) is 0 Å². The molecule has 2 bridgehead atoms. The van der Waals surface area contributed by atoms with Crippen LogP contribution in [0.3, 0.4) is 0 Å². The number of nitrogens with zero attached hydrogens (tertiary/aromatic N) is 1. The van der Waals surface area contributed by atoms with E-state index in [1.807, 2.05) is 12.1 Å². The molecule has 0 aliphatic carbocycles. The largest absolute Gasteiger partial charge is 0.497 e. The smallest absolute Gasteiger partial charge is 0.119 e. The average Bonchev–Trinajstić information content (AvgIpc) is 2.28. The molecule has 0 radical (unpaired) electrons. The van der Waals surface area contributed by atoms with E-state index >= 15 is 0 Å². The van der Waals surface area contributed by atoms with E-state index in [4.69, 9.17) is 4.74 Å². The van der Waals surface area contributed by atoms with Gasteiger partial charge in [0.15, 0.2) is 0 Å². The summed E-state index contributed by atoms with van der Waals surface area (Å²) in [4.78, 5) is 2.45. The molecule has 0 aromatic heterocycles. The fourth-order valence-electron chi connectivity index (χ4n) is 2.52. The third kappa shape index (κ3) is 1.57. The van der Waals surface area contributed by atoms with Crippen LogP contribution in [0.5, 0.6) is 5.75 Å². The topological polar surface area (TPSA) is 24.5 Å². The van der Waals surface area contributed by atoms with Crippen LogP contribution in [0.2, 0.25) is 0 Å². The van der Waals surface area contributed by atoms with Gasteiger partial charge in [0.05, 0.1) is 7.11 Å². The molecule has 3 heterocycles. The van der Waals surface area contributed by atoms with E-state index in [-0.39, 0.29) is 0 Å². The molecule has 3 aliphatic rings. The minimum absolute atomic E-state index is 0.714. The standard InChI is InChI=1S/C12H16N2O/c1-15-12-4-2-11(3-5-12)14-7-9-6-10(8-14)13-9/h2-5,9-10,13H,6-8H2,1H3. The lowest BCUT2D eigenvalue weighted by Gasteiger charge is -2.49. The van der Waals surface area contributed by atoms with Gasteiger partial charge in [-0.15, -0.1) is 0 Å². The van der Waals surface area contributed by atoms with Crippen molar-refractivity contribution in [3.8, 4) is 5.75 Å². The van der Waals surface area contributed by atoms with E-state index in [1.165, 1.54) is 12.1 Å². The highest BCUT2D eigenvalue weighted by atomic mass is 16.5. The third-order valence-corrected chi connectivity index (χ3v) is 3.36. The van der Waals surface area contributed by atoms with Crippen molar-refractivity contribution in [3.05, 3.63) is 24.3 Å². The zero-order chi connectivity index (χ0) is 10.3. The van der Waals surface area contributed by atoms with Gasteiger partial charge >= 0.3 is 0 Å². The molecule has 3 fully saturated rings. The molecule has 3 saturated heterocycles. The molecule has 0 spiro atoms. The molecular formula is C12H16N2O. The quantitative estimate of drug-likeness (QED) is 0.784. The molecule has 3 aliphatic heterocycles. The van der Waals surface area contributed by atoms with Crippen molar-refractivity contribution in [2.75, 3.05) is 25.1 Å². The SMILES string of the molecule is COc1ccc(N2CC3CC(C2)N3)cc1. The first-order valence-electron chi connectivity index (χ1n) is 5.50. The van der Waals surface area contributed by atoms with Crippen molar-refractivity contribution < 1.29 is 4.74 Å². The Hall–Kier alpha value is -1.22. The van der Waals surface area contributed by atoms with Crippen LogP contribution >= 0.6 is 0 Å². The summed E-state index contributed by atoms with van der Waals surface area (Å²) >= 11 is 0. The number of fused-ring (bicyclic) bond motifs is 2. The van der Waals surface area contributed by atoms with Crippen molar-refractivity contribution in [2.24, 2.45) is 0 Å². The van der Waals surface area contributed by atoms with E-state index in [2.05, 4.69) is 22.3 Å². The van der Waals surface area contributed by atoms with Crippen LogP contribution in [0, 0.1) is 0 Å². The summed E-state index contributed by atoms with van der Waals surface area (Å²) < 4.78 is 5.16. The maximum atomic E-state index is 5.16. The Balaban J connectivity index is 1.75. The Morgan fingerprint density at radius 1 is 1.20 bits per heavy atom. The summed E-state index contributed by atoms with van der Waals surface area (Å²) in [6, 6.07) is 9.77. The fourth-order valence-corrected chi connectivity index (χ4v) is 2.52. The summed E-state index contributed by atoms with van der Waals surface area (Å²) in [5.41, 5.74) is 1.31.